The molecular formula is C15H38O4Si3. The molecule has 0 saturated carbocycles. The molecule has 7 heteroatoms. The second kappa shape index (κ2) is 9.71. The van der Waals surface area contributed by atoms with E-state index in [-0.39, 0.29) is 6.10 Å². The maximum atomic E-state index is 9.48. The number of hydrogen-bond acceptors (Lipinski definition) is 4. The van der Waals surface area contributed by atoms with Gasteiger partial charge in [0.25, 0.3) is 0 Å². The number of hydrogen-bond donors (Lipinski definition) is 1. The van der Waals surface area contributed by atoms with Gasteiger partial charge in [-0.1, -0.05) is 6.42 Å². The number of rotatable bonds is 12. The molecule has 134 valence electrons. The van der Waals surface area contributed by atoms with Crippen LogP contribution in [-0.4, -0.2) is 50.1 Å². The van der Waals surface area contributed by atoms with Gasteiger partial charge < -0.3 is 18.1 Å². The minimum Gasteiger partial charge on any atom is -0.437 e. The first-order valence-electron chi connectivity index (χ1n) is 8.46. The third-order valence-corrected chi connectivity index (χ3v) is 15.0. The first kappa shape index (κ1) is 22.5. The van der Waals surface area contributed by atoms with Gasteiger partial charge in [-0.3, -0.25) is 0 Å². The number of unbranched alkanes of at least 4 members (excludes halogenated alkanes) is 1. The molecule has 0 aromatic heterocycles. The zero-order chi connectivity index (χ0) is 17.4. The lowest BCUT2D eigenvalue weighted by Crippen LogP contribution is -2.52. The van der Waals surface area contributed by atoms with E-state index < -0.39 is 25.2 Å². The number of methoxy groups -OCH3 is 1. The summed E-state index contributed by atoms with van der Waals surface area (Å²) in [7, 11) is -3.80. The van der Waals surface area contributed by atoms with Crippen LogP contribution in [0.25, 0.3) is 0 Å². The Morgan fingerprint density at radius 2 is 1.36 bits per heavy atom. The molecule has 1 atom stereocenters. The fourth-order valence-corrected chi connectivity index (χ4v) is 17.0. The van der Waals surface area contributed by atoms with Crippen LogP contribution in [-0.2, 0) is 13.0 Å². The quantitative estimate of drug-likeness (QED) is 0.412. The van der Waals surface area contributed by atoms with Crippen molar-refractivity contribution in [1.82, 2.24) is 0 Å². The fourth-order valence-electron chi connectivity index (χ4n) is 2.81. The molecule has 0 fully saturated rings. The van der Waals surface area contributed by atoms with Crippen LogP contribution in [0.2, 0.25) is 51.4 Å². The smallest absolute Gasteiger partial charge is 0.311 e. The van der Waals surface area contributed by atoms with Crippen molar-refractivity contribution in [1.29, 1.82) is 0 Å². The van der Waals surface area contributed by atoms with Crippen molar-refractivity contribution in [2.24, 2.45) is 0 Å². The maximum absolute atomic E-state index is 9.48. The van der Waals surface area contributed by atoms with E-state index in [4.69, 9.17) is 13.0 Å². The van der Waals surface area contributed by atoms with Gasteiger partial charge in [-0.25, -0.2) is 0 Å². The zero-order valence-electron chi connectivity index (χ0n) is 16.0. The Hall–Kier alpha value is 0.491. The molecule has 4 nitrogen and oxygen atoms in total. The van der Waals surface area contributed by atoms with Crippen molar-refractivity contribution in [3.05, 3.63) is 0 Å². The third kappa shape index (κ3) is 12.0. The predicted molar refractivity (Wildman–Crippen MR) is 102 cm³/mol. The van der Waals surface area contributed by atoms with E-state index in [0.29, 0.717) is 0 Å². The van der Waals surface area contributed by atoms with Crippen LogP contribution in [0.5, 0.6) is 0 Å². The topological polar surface area (TPSA) is 47.9 Å². The minimum atomic E-state index is -2.10. The molecule has 0 aliphatic rings. The van der Waals surface area contributed by atoms with Gasteiger partial charge in [0.05, 0.1) is 6.10 Å². The van der Waals surface area contributed by atoms with Gasteiger partial charge in [0.2, 0.25) is 0 Å². The highest BCUT2D eigenvalue weighted by molar-refractivity contribution is 6.87. The van der Waals surface area contributed by atoms with E-state index >= 15 is 0 Å². The average molecular weight is 367 g/mol. The van der Waals surface area contributed by atoms with Crippen molar-refractivity contribution >= 4 is 25.2 Å². The van der Waals surface area contributed by atoms with Gasteiger partial charge in [0.1, 0.15) is 0 Å². The molecule has 0 heterocycles. The van der Waals surface area contributed by atoms with E-state index in [2.05, 4.69) is 39.3 Å². The molecule has 0 aliphatic carbocycles. The number of aliphatic hydroxyl groups is 1. The predicted octanol–water partition coefficient (Wildman–Crippen LogP) is 4.33. The molecule has 1 unspecified atom stereocenters. The molecule has 0 radical (unpaired) electrons. The Labute approximate surface area is 141 Å². The van der Waals surface area contributed by atoms with Crippen molar-refractivity contribution in [3.8, 4) is 0 Å². The summed E-state index contributed by atoms with van der Waals surface area (Å²) >= 11 is 0. The van der Waals surface area contributed by atoms with Crippen molar-refractivity contribution in [2.45, 2.75) is 83.7 Å². The van der Waals surface area contributed by atoms with Gasteiger partial charge in [0, 0.05) is 13.7 Å². The van der Waals surface area contributed by atoms with Crippen LogP contribution in [0.3, 0.4) is 0 Å². The maximum Gasteiger partial charge on any atom is 0.311 e. The van der Waals surface area contributed by atoms with Crippen molar-refractivity contribution < 1.29 is 18.1 Å². The van der Waals surface area contributed by atoms with E-state index in [1.165, 1.54) is 6.42 Å². The average Bonchev–Trinajstić information content (AvgIpc) is 2.29. The molecule has 0 amide bonds. The molecule has 0 aromatic rings. The summed E-state index contributed by atoms with van der Waals surface area (Å²) in [6.45, 7) is 16.1. The molecule has 0 bridgehead atoms. The second-order valence-corrected chi connectivity index (χ2v) is 20.4. The highest BCUT2D eigenvalue weighted by Crippen LogP contribution is 2.26. The Morgan fingerprint density at radius 1 is 0.864 bits per heavy atom. The summed E-state index contributed by atoms with van der Waals surface area (Å²) in [5.41, 5.74) is 0. The SMILES string of the molecule is COCCCC[Si](C)(C)O[Si](C)(C)O[Si](C)(C)CCC(C)O. The fraction of sp³-hybridized carbons (Fsp3) is 1.00. The van der Waals surface area contributed by atoms with E-state index in [9.17, 15) is 5.11 Å². The Morgan fingerprint density at radius 3 is 1.82 bits per heavy atom. The Balaban J connectivity index is 4.40. The summed E-state index contributed by atoms with van der Waals surface area (Å²) in [5.74, 6) is 0. The highest BCUT2D eigenvalue weighted by Gasteiger charge is 2.39. The molecule has 0 aliphatic heterocycles. The van der Waals surface area contributed by atoms with Crippen LogP contribution in [0.15, 0.2) is 0 Å². The minimum absolute atomic E-state index is 0.243. The molecule has 0 aromatic carbocycles. The monoisotopic (exact) mass is 366 g/mol. The van der Waals surface area contributed by atoms with Gasteiger partial charge >= 0.3 is 8.56 Å². The van der Waals surface area contributed by atoms with Gasteiger partial charge in [-0.15, -0.1) is 0 Å². The van der Waals surface area contributed by atoms with Crippen LogP contribution in [0, 0.1) is 0 Å². The largest absolute Gasteiger partial charge is 0.437 e. The standard InChI is InChI=1S/C15H38O4Si3/c1-15(16)11-14-21(5,6)19-22(7,8)18-20(3,4)13-10-9-12-17-2/h15-16H,9-14H2,1-8H3. The van der Waals surface area contributed by atoms with Crippen LogP contribution < -0.4 is 0 Å². The van der Waals surface area contributed by atoms with Crippen LogP contribution >= 0.6 is 0 Å². The molecular weight excluding hydrogens is 328 g/mol. The summed E-state index contributed by atoms with van der Waals surface area (Å²) in [6.07, 6.45) is 2.85. The summed E-state index contributed by atoms with van der Waals surface area (Å²) in [4.78, 5) is 0. The van der Waals surface area contributed by atoms with Gasteiger partial charge in [-0.2, -0.15) is 0 Å². The normalized spacial score (nSPS) is 15.1. The van der Waals surface area contributed by atoms with E-state index in [1.54, 1.807) is 7.11 Å². The van der Waals surface area contributed by atoms with Crippen molar-refractivity contribution in [2.75, 3.05) is 13.7 Å². The molecule has 0 saturated heterocycles. The lowest BCUT2D eigenvalue weighted by atomic mass is 10.3. The van der Waals surface area contributed by atoms with E-state index in [1.807, 2.05) is 6.92 Å². The van der Waals surface area contributed by atoms with E-state index in [0.717, 1.165) is 31.5 Å². The van der Waals surface area contributed by atoms with Crippen LogP contribution in [0.4, 0.5) is 0 Å². The summed E-state index contributed by atoms with van der Waals surface area (Å²) in [5, 5.41) is 9.48. The zero-order valence-corrected chi connectivity index (χ0v) is 19.0. The molecule has 0 rings (SSSR count). The third-order valence-electron chi connectivity index (χ3n) is 3.59. The Bertz CT molecular complexity index is 307. The van der Waals surface area contributed by atoms with Crippen LogP contribution in [0.1, 0.15) is 26.2 Å². The lowest BCUT2D eigenvalue weighted by molar-refractivity contribution is 0.188. The highest BCUT2D eigenvalue weighted by atomic mass is 28.5. The molecule has 0 spiro atoms. The second-order valence-electron chi connectivity index (χ2n) is 7.96. The first-order chi connectivity index (χ1) is 9.89. The summed E-state index contributed by atoms with van der Waals surface area (Å²) < 4.78 is 18.1. The summed E-state index contributed by atoms with van der Waals surface area (Å²) in [6, 6.07) is 2.14. The Kier molecular flexibility index (Phi) is 9.92. The molecule has 22 heavy (non-hydrogen) atoms. The van der Waals surface area contributed by atoms with Crippen molar-refractivity contribution in [3.63, 3.8) is 0 Å². The first-order valence-corrected chi connectivity index (χ1v) is 17.5. The molecule has 1 N–H and O–H groups in total. The van der Waals surface area contributed by atoms with Gasteiger partial charge in [0.15, 0.2) is 16.6 Å². The van der Waals surface area contributed by atoms with Gasteiger partial charge in [-0.05, 0) is 71.1 Å². The number of aliphatic hydroxyl groups excluding tert-OH is 1. The number of ether oxygens (including phenoxy) is 1. The lowest BCUT2D eigenvalue weighted by Gasteiger charge is -2.39.